The predicted molar refractivity (Wildman–Crippen MR) is 189 cm³/mol. The van der Waals surface area contributed by atoms with E-state index in [4.69, 9.17) is 4.98 Å². The molecule has 1 aromatic carbocycles. The predicted octanol–water partition coefficient (Wildman–Crippen LogP) is 5.92. The molecule has 49 heavy (non-hydrogen) atoms. The first-order valence-electron chi connectivity index (χ1n) is 16.5. The van der Waals surface area contributed by atoms with Crippen LogP contribution in [0.1, 0.15) is 69.0 Å². The van der Waals surface area contributed by atoms with Crippen molar-refractivity contribution < 1.29 is 4.79 Å². The first-order valence-corrected chi connectivity index (χ1v) is 16.5. The fourth-order valence-electron chi connectivity index (χ4n) is 5.93. The number of aromatic nitrogens is 7. The van der Waals surface area contributed by atoms with Gasteiger partial charge in [0.05, 0.1) is 30.3 Å². The quantitative estimate of drug-likeness (QED) is 0.143. The number of benzene rings is 1. The van der Waals surface area contributed by atoms with Crippen LogP contribution in [0.15, 0.2) is 73.3 Å². The molecule has 0 unspecified atom stereocenters. The highest BCUT2D eigenvalue weighted by molar-refractivity contribution is 5.91. The Hall–Kier alpha value is -5.77. The van der Waals surface area contributed by atoms with E-state index in [9.17, 15) is 10.1 Å². The Labute approximate surface area is 286 Å². The van der Waals surface area contributed by atoms with Gasteiger partial charge in [-0.15, -0.1) is 0 Å². The van der Waals surface area contributed by atoms with E-state index in [1.165, 1.54) is 6.20 Å². The number of H-pyrrole nitrogens is 1. The summed E-state index contributed by atoms with van der Waals surface area (Å²) < 4.78 is 1.75. The molecule has 0 atom stereocenters. The third-order valence-corrected chi connectivity index (χ3v) is 8.69. The number of carbonyl (C=O) groups excluding carboxylic acids is 1. The van der Waals surface area contributed by atoms with Crippen molar-refractivity contribution in [3.8, 4) is 17.2 Å². The molecule has 1 saturated carbocycles. The van der Waals surface area contributed by atoms with Gasteiger partial charge in [0.2, 0.25) is 5.95 Å². The Morgan fingerprint density at radius 3 is 2.47 bits per heavy atom. The lowest BCUT2D eigenvalue weighted by Crippen LogP contribution is -2.49. The average Bonchev–Trinajstić information content (AvgIpc) is 3.78. The van der Waals surface area contributed by atoms with E-state index in [0.29, 0.717) is 36.2 Å². The molecule has 1 aliphatic rings. The summed E-state index contributed by atoms with van der Waals surface area (Å²) in [7, 11) is 1.88. The van der Waals surface area contributed by atoms with Crippen LogP contribution in [-0.2, 0) is 25.6 Å². The summed E-state index contributed by atoms with van der Waals surface area (Å²) in [6.07, 6.45) is 10.2. The molecule has 4 N–H and O–H groups in total. The van der Waals surface area contributed by atoms with E-state index in [1.54, 1.807) is 22.0 Å². The first kappa shape index (κ1) is 33.1. The van der Waals surface area contributed by atoms with E-state index in [1.807, 2.05) is 61.8 Å². The third-order valence-electron chi connectivity index (χ3n) is 8.69. The Balaban J connectivity index is 1.12. The van der Waals surface area contributed by atoms with Gasteiger partial charge < -0.3 is 16.0 Å². The van der Waals surface area contributed by atoms with Crippen LogP contribution in [0, 0.1) is 11.3 Å². The van der Waals surface area contributed by atoms with Crippen molar-refractivity contribution in [2.24, 2.45) is 7.05 Å². The van der Waals surface area contributed by atoms with Crippen molar-refractivity contribution in [2.45, 2.75) is 77.0 Å². The molecule has 4 aromatic heterocycles. The number of carbonyl (C=O) groups is 1. The minimum atomic E-state index is -0.181. The molecule has 2 amide bonds. The third kappa shape index (κ3) is 8.21. The van der Waals surface area contributed by atoms with E-state index < -0.39 is 0 Å². The van der Waals surface area contributed by atoms with Gasteiger partial charge in [-0.3, -0.25) is 14.7 Å². The molecule has 5 aromatic rings. The van der Waals surface area contributed by atoms with Crippen molar-refractivity contribution in [1.82, 2.24) is 40.2 Å². The second-order valence-electron chi connectivity index (χ2n) is 13.4. The summed E-state index contributed by atoms with van der Waals surface area (Å²) in [6, 6.07) is 17.8. The largest absolute Gasteiger partial charge is 0.363 e. The molecule has 6 rings (SSSR count). The fourth-order valence-corrected chi connectivity index (χ4v) is 5.93. The zero-order valence-electron chi connectivity index (χ0n) is 28.3. The fraction of sp³-hybridized carbons (Fsp3) is 0.361. The lowest BCUT2D eigenvalue weighted by atomic mass is 9.90. The van der Waals surface area contributed by atoms with Gasteiger partial charge in [-0.05, 0) is 49.4 Å². The van der Waals surface area contributed by atoms with Gasteiger partial charge in [-0.25, -0.2) is 14.8 Å². The highest BCUT2D eigenvalue weighted by Crippen LogP contribution is 2.30. The topological polar surface area (TPSA) is 165 Å². The number of rotatable bonds is 10. The number of aryl methyl sites for hydroxylation is 1. The summed E-state index contributed by atoms with van der Waals surface area (Å²) >= 11 is 0. The van der Waals surface area contributed by atoms with Crippen LogP contribution in [-0.4, -0.2) is 53.0 Å². The zero-order valence-corrected chi connectivity index (χ0v) is 28.3. The Kier molecular flexibility index (Phi) is 9.84. The van der Waals surface area contributed by atoms with Gasteiger partial charge in [-0.2, -0.15) is 20.4 Å². The Morgan fingerprint density at radius 1 is 1.02 bits per heavy atom. The monoisotopic (exact) mass is 658 g/mol. The van der Waals surface area contributed by atoms with Crippen LogP contribution in [0.3, 0.4) is 0 Å². The molecular formula is C36H42N12O. The van der Waals surface area contributed by atoms with Gasteiger partial charge in [-0.1, -0.05) is 51.1 Å². The summed E-state index contributed by atoms with van der Waals surface area (Å²) in [5.74, 6) is 1.52. The van der Waals surface area contributed by atoms with Crippen LogP contribution in [0.4, 0.5) is 22.4 Å². The molecule has 1 aliphatic carbocycles. The van der Waals surface area contributed by atoms with E-state index in [0.717, 1.165) is 53.8 Å². The molecule has 1 fully saturated rings. The Bertz CT molecular complexity index is 1890. The van der Waals surface area contributed by atoms with Crippen molar-refractivity contribution in [2.75, 3.05) is 15.5 Å². The maximum atomic E-state index is 13.7. The number of hydrogen-bond acceptors (Lipinski definition) is 9. The van der Waals surface area contributed by atoms with E-state index in [-0.39, 0.29) is 23.5 Å². The number of amides is 2. The number of nitrogens with one attached hydrogen (secondary N) is 4. The summed E-state index contributed by atoms with van der Waals surface area (Å²) in [4.78, 5) is 29.3. The lowest BCUT2D eigenvalue weighted by molar-refractivity contribution is 0.240. The van der Waals surface area contributed by atoms with Crippen LogP contribution >= 0.6 is 0 Å². The molecule has 0 radical (unpaired) electrons. The minimum absolute atomic E-state index is 0.0444. The maximum Gasteiger partial charge on any atom is 0.323 e. The second-order valence-corrected chi connectivity index (χ2v) is 13.4. The molecule has 4 heterocycles. The zero-order chi connectivity index (χ0) is 34.4. The Morgan fingerprint density at radius 2 is 1.82 bits per heavy atom. The summed E-state index contributed by atoms with van der Waals surface area (Å²) in [6.45, 7) is 7.20. The van der Waals surface area contributed by atoms with E-state index >= 15 is 0 Å². The molecule has 0 bridgehead atoms. The van der Waals surface area contributed by atoms with Crippen LogP contribution in [0.25, 0.3) is 11.1 Å². The molecule has 0 aliphatic heterocycles. The van der Waals surface area contributed by atoms with E-state index in [2.05, 4.69) is 68.1 Å². The van der Waals surface area contributed by atoms with Crippen molar-refractivity contribution in [3.63, 3.8) is 0 Å². The second kappa shape index (κ2) is 14.6. The van der Waals surface area contributed by atoms with Crippen molar-refractivity contribution in [1.29, 1.82) is 5.26 Å². The standard InChI is InChI=1S/C36H42N12O/c1-36(2,3)31-16-29(45-46-31)22-39-33-26(17-37)20-40-34(44-33)43-28-11-13-30(14-12-28)48(35(49)41-18-24-8-6-5-7-9-24)32-15-10-25(19-38-32)27-21-42-47(4)23-27/h5-10,15-16,19-21,23,28,30H,11-14,18,22H2,1-4H3,(H,41,49)(H,45,46)(H2,39,40,43,44). The van der Waals surface area contributed by atoms with Gasteiger partial charge >= 0.3 is 6.03 Å². The molecule has 0 spiro atoms. The number of aromatic amines is 1. The highest BCUT2D eigenvalue weighted by Gasteiger charge is 2.31. The smallest absolute Gasteiger partial charge is 0.323 e. The lowest BCUT2D eigenvalue weighted by Gasteiger charge is -2.36. The van der Waals surface area contributed by atoms with Crippen LogP contribution in [0.5, 0.6) is 0 Å². The molecule has 13 heteroatoms. The average molecular weight is 659 g/mol. The SMILES string of the molecule is Cn1cc(-c2ccc(N(C(=O)NCc3ccccc3)C3CCC(Nc4ncc(C#N)c(NCc5cc(C(C)(C)C)n[nH]5)n4)CC3)nc2)cn1. The van der Waals surface area contributed by atoms with Crippen molar-refractivity contribution >= 4 is 23.6 Å². The van der Waals surface area contributed by atoms with Gasteiger partial charge in [0.15, 0.2) is 0 Å². The van der Waals surface area contributed by atoms with Crippen LogP contribution < -0.4 is 20.9 Å². The van der Waals surface area contributed by atoms with Gasteiger partial charge in [0.25, 0.3) is 0 Å². The summed E-state index contributed by atoms with van der Waals surface area (Å²) in [5.41, 5.74) is 5.09. The number of nitrogens with zero attached hydrogens (tertiary/aromatic N) is 8. The molecular weight excluding hydrogens is 616 g/mol. The molecule has 0 saturated heterocycles. The number of pyridine rings is 1. The van der Waals surface area contributed by atoms with Gasteiger partial charge in [0.1, 0.15) is 23.3 Å². The number of nitriles is 1. The van der Waals surface area contributed by atoms with Crippen LogP contribution in [0.2, 0.25) is 0 Å². The van der Waals surface area contributed by atoms with Crippen molar-refractivity contribution in [3.05, 3.63) is 95.8 Å². The number of hydrogen-bond donors (Lipinski definition) is 4. The maximum absolute atomic E-state index is 13.7. The highest BCUT2D eigenvalue weighted by atomic mass is 16.2. The summed E-state index contributed by atoms with van der Waals surface area (Å²) in [5, 5.41) is 31.3. The van der Waals surface area contributed by atoms with Gasteiger partial charge in [0, 0.05) is 54.6 Å². The number of urea groups is 1. The minimum Gasteiger partial charge on any atom is -0.363 e. The number of anilines is 3. The normalized spacial score (nSPS) is 16.1. The first-order chi connectivity index (χ1) is 23.7. The molecule has 252 valence electrons. The molecule has 13 nitrogen and oxygen atoms in total.